The van der Waals surface area contributed by atoms with Gasteiger partial charge in [-0.3, -0.25) is 9.45 Å². The van der Waals surface area contributed by atoms with E-state index >= 15 is 0 Å². The Morgan fingerprint density at radius 3 is 1.89 bits per heavy atom. The number of hydrogen-bond acceptors (Lipinski definition) is 16. The third kappa shape index (κ3) is 10.4. The second-order valence-electron chi connectivity index (χ2n) is 12.4. The van der Waals surface area contributed by atoms with Gasteiger partial charge in [-0.05, 0) is 19.9 Å². The van der Waals surface area contributed by atoms with Gasteiger partial charge in [-0.15, -0.1) is 0 Å². The van der Waals surface area contributed by atoms with Crippen molar-refractivity contribution in [2.75, 3.05) is 26.3 Å². The molecule has 17 nitrogen and oxygen atoms in total. The highest BCUT2D eigenvalue weighted by molar-refractivity contribution is 7.80. The fourth-order valence-corrected chi connectivity index (χ4v) is 6.75. The maximum atomic E-state index is 11.4. The molecule has 0 spiro atoms. The van der Waals surface area contributed by atoms with Gasteiger partial charge < -0.3 is 59.8 Å². The number of unbranched alkanes of at least 4 members (excludes halogenated alkanes) is 7. The summed E-state index contributed by atoms with van der Waals surface area (Å²) in [5, 5.41) is 83.9. The monoisotopic (exact) mass is 691 g/mol. The average Bonchev–Trinajstić information content (AvgIpc) is 3.00. The quantitative estimate of drug-likeness (QED) is 0.0559. The van der Waals surface area contributed by atoms with Gasteiger partial charge in [0.2, 0.25) is 0 Å². The number of aliphatic hydroxyl groups excluding tert-OH is 8. The Kier molecular flexibility index (Phi) is 15.9. The maximum Gasteiger partial charge on any atom is 0.397 e. The minimum Gasteiger partial charge on any atom is -0.395 e. The summed E-state index contributed by atoms with van der Waals surface area (Å²) >= 11 is 0. The third-order valence-corrected chi connectivity index (χ3v) is 9.37. The number of β-amino-alcohol motifs (C(OH)–C–C–N with tert-alkyl or cyclic N) is 1. The molecule has 9 N–H and O–H groups in total. The molecule has 0 aliphatic carbocycles. The Balaban J connectivity index is 1.82. The lowest BCUT2D eigenvalue weighted by Gasteiger charge is -2.50. The highest BCUT2D eigenvalue weighted by Gasteiger charge is 2.53. The van der Waals surface area contributed by atoms with Crippen LogP contribution in [0.25, 0.3) is 0 Å². The number of rotatable bonds is 17. The Morgan fingerprint density at radius 1 is 0.717 bits per heavy atom. The summed E-state index contributed by atoms with van der Waals surface area (Å²) < 4.78 is 59.5. The SMILES string of the molecule is CCCCCCCCCCN1C[C@H](O)[C@@H](O[C@@H]2O[C@H](CO)[C@H](O)[C@H](OS(=O)(=O)O)[C@H]2O)[C@H](O[C@@H]2O[C@@H](C)[C@@H](O)[C@@H](O)[C@@H]2O)[C@H]1CO. The summed E-state index contributed by atoms with van der Waals surface area (Å²) in [6.45, 7) is 2.59. The summed E-state index contributed by atoms with van der Waals surface area (Å²) in [5.74, 6) is 0. The molecule has 46 heavy (non-hydrogen) atoms. The van der Waals surface area contributed by atoms with Crippen LogP contribution in [0.15, 0.2) is 0 Å². The number of piperidine rings is 1. The van der Waals surface area contributed by atoms with E-state index in [9.17, 15) is 53.8 Å². The van der Waals surface area contributed by atoms with Gasteiger partial charge in [0.05, 0.1) is 31.5 Å². The van der Waals surface area contributed by atoms with Crippen molar-refractivity contribution in [2.24, 2.45) is 0 Å². The van der Waals surface area contributed by atoms with Gasteiger partial charge in [0.25, 0.3) is 0 Å². The van der Waals surface area contributed by atoms with Crippen LogP contribution in [0.2, 0.25) is 0 Å². The summed E-state index contributed by atoms with van der Waals surface area (Å²) in [6, 6.07) is -0.891. The lowest BCUT2D eigenvalue weighted by Crippen LogP contribution is -2.68. The van der Waals surface area contributed by atoms with E-state index in [0.29, 0.717) is 6.54 Å². The molecule has 0 saturated carbocycles. The number of ether oxygens (including phenoxy) is 4. The molecule has 14 atom stereocenters. The zero-order valence-electron chi connectivity index (χ0n) is 26.3. The Hall–Kier alpha value is -0.650. The molecular weight excluding hydrogens is 638 g/mol. The average molecular weight is 692 g/mol. The van der Waals surface area contributed by atoms with E-state index in [0.717, 1.165) is 38.5 Å². The van der Waals surface area contributed by atoms with Crippen LogP contribution in [0.5, 0.6) is 0 Å². The van der Waals surface area contributed by atoms with Crippen LogP contribution in [0.1, 0.15) is 65.2 Å². The van der Waals surface area contributed by atoms with E-state index < -0.39 is 109 Å². The van der Waals surface area contributed by atoms with E-state index in [1.54, 1.807) is 4.90 Å². The van der Waals surface area contributed by atoms with Crippen LogP contribution >= 0.6 is 0 Å². The van der Waals surface area contributed by atoms with Crippen molar-refractivity contribution in [3.63, 3.8) is 0 Å². The van der Waals surface area contributed by atoms with Crippen molar-refractivity contribution in [1.82, 2.24) is 4.90 Å². The summed E-state index contributed by atoms with van der Waals surface area (Å²) in [4.78, 5) is 1.78. The summed E-state index contributed by atoms with van der Waals surface area (Å²) in [6.07, 6.45) is -12.6. The van der Waals surface area contributed by atoms with Crippen LogP contribution in [0.4, 0.5) is 0 Å². The van der Waals surface area contributed by atoms with Crippen molar-refractivity contribution in [2.45, 2.75) is 151 Å². The molecule has 3 heterocycles. The molecule has 0 radical (unpaired) electrons. The molecule has 3 aliphatic rings. The van der Waals surface area contributed by atoms with E-state index in [1.165, 1.54) is 19.8 Å². The van der Waals surface area contributed by atoms with Crippen LogP contribution in [-0.4, -0.2) is 171 Å². The number of likely N-dealkylation sites (tertiary alicyclic amines) is 1. The first-order valence-corrected chi connectivity index (χ1v) is 17.4. The fraction of sp³-hybridized carbons (Fsp3) is 1.00. The third-order valence-electron chi connectivity index (χ3n) is 8.90. The maximum absolute atomic E-state index is 11.4. The van der Waals surface area contributed by atoms with Gasteiger partial charge in [-0.1, -0.05) is 51.9 Å². The summed E-state index contributed by atoms with van der Waals surface area (Å²) in [5.41, 5.74) is 0. The first-order valence-electron chi connectivity index (χ1n) is 16.1. The fourth-order valence-electron chi connectivity index (χ4n) is 6.24. The van der Waals surface area contributed by atoms with Gasteiger partial charge >= 0.3 is 10.4 Å². The highest BCUT2D eigenvalue weighted by Crippen LogP contribution is 2.33. The van der Waals surface area contributed by atoms with Crippen molar-refractivity contribution in [3.8, 4) is 0 Å². The largest absolute Gasteiger partial charge is 0.397 e. The van der Waals surface area contributed by atoms with Crippen molar-refractivity contribution < 1.29 is 77.0 Å². The zero-order chi connectivity index (χ0) is 34.2. The van der Waals surface area contributed by atoms with Crippen LogP contribution < -0.4 is 0 Å². The predicted molar refractivity (Wildman–Crippen MR) is 157 cm³/mol. The Labute approximate surface area is 269 Å². The van der Waals surface area contributed by atoms with E-state index in [1.807, 2.05) is 0 Å². The van der Waals surface area contributed by atoms with Crippen LogP contribution in [0.3, 0.4) is 0 Å². The molecule has 3 aliphatic heterocycles. The molecule has 0 bridgehead atoms. The van der Waals surface area contributed by atoms with Crippen molar-refractivity contribution in [3.05, 3.63) is 0 Å². The second kappa shape index (κ2) is 18.4. The Bertz CT molecular complexity index is 995. The molecule has 0 aromatic rings. The van der Waals surface area contributed by atoms with Crippen molar-refractivity contribution >= 4 is 10.4 Å². The van der Waals surface area contributed by atoms with Gasteiger partial charge in [0.15, 0.2) is 12.6 Å². The summed E-state index contributed by atoms with van der Waals surface area (Å²) in [7, 11) is -5.19. The molecule has 18 heteroatoms. The topological polar surface area (TPSA) is 266 Å². The normalized spacial score (nSPS) is 41.1. The second-order valence-corrected chi connectivity index (χ2v) is 13.4. The molecule has 0 aromatic carbocycles. The lowest BCUT2D eigenvalue weighted by atomic mass is 9.92. The molecule has 3 rings (SSSR count). The molecule has 272 valence electrons. The molecular formula is C28H53NO16S. The first kappa shape index (κ1) is 39.8. The number of hydrogen-bond donors (Lipinski definition) is 9. The standard InChI is InChI=1S/C28H53NO16S/c1-3-4-5-6-7-8-9-10-11-29-12-17(32)25(24(16(29)13-30)43-27-22(36)21(35)19(33)15(2)41-27)44-28-23(37)26(45-46(38,39)40)20(34)18(14-31)42-28/h15-28,30-37H,3-14H2,1-2H3,(H,38,39,40)/t15-,16+,17-,18+,19+,20-,21+,22-,23+,24+,25+,26-,27-,28-/m0/s1. The zero-order valence-corrected chi connectivity index (χ0v) is 27.1. The van der Waals surface area contributed by atoms with Gasteiger partial charge in [0.1, 0.15) is 54.9 Å². The molecule has 0 aromatic heterocycles. The smallest absolute Gasteiger partial charge is 0.395 e. The number of nitrogens with zero attached hydrogens (tertiary/aromatic N) is 1. The van der Waals surface area contributed by atoms with E-state index in [2.05, 4.69) is 11.1 Å². The first-order chi connectivity index (χ1) is 21.7. The minimum absolute atomic E-state index is 0.0438. The molecule has 0 amide bonds. The van der Waals surface area contributed by atoms with Gasteiger partial charge in [0, 0.05) is 6.54 Å². The molecule has 0 unspecified atom stereocenters. The van der Waals surface area contributed by atoms with Crippen LogP contribution in [0, 0.1) is 0 Å². The molecule has 3 fully saturated rings. The van der Waals surface area contributed by atoms with E-state index in [-0.39, 0.29) is 6.54 Å². The van der Waals surface area contributed by atoms with Gasteiger partial charge in [-0.2, -0.15) is 8.42 Å². The van der Waals surface area contributed by atoms with E-state index in [4.69, 9.17) is 18.9 Å². The molecule has 3 saturated heterocycles. The Morgan fingerprint density at radius 2 is 1.30 bits per heavy atom. The van der Waals surface area contributed by atoms with Gasteiger partial charge in [-0.25, -0.2) is 4.18 Å². The lowest BCUT2D eigenvalue weighted by molar-refractivity contribution is -0.354. The highest BCUT2D eigenvalue weighted by atomic mass is 32.3. The van der Waals surface area contributed by atoms with Crippen LogP contribution in [-0.2, 0) is 33.5 Å². The van der Waals surface area contributed by atoms with Crippen molar-refractivity contribution in [1.29, 1.82) is 0 Å². The predicted octanol–water partition coefficient (Wildman–Crippen LogP) is -2.61. The minimum atomic E-state index is -5.19. The number of aliphatic hydroxyl groups is 8.